The fourth-order valence-electron chi connectivity index (χ4n) is 3.08. The van der Waals surface area contributed by atoms with E-state index in [-0.39, 0.29) is 0 Å². The van der Waals surface area contributed by atoms with Crippen molar-refractivity contribution in [2.24, 2.45) is 5.92 Å². The minimum Gasteiger partial charge on any atom is -0.389 e. The number of hydrogen-bond acceptors (Lipinski definition) is 1. The molecule has 1 fully saturated rings. The molecule has 2 heteroatoms. The second-order valence-corrected chi connectivity index (χ2v) is 6.08. The second-order valence-electron chi connectivity index (χ2n) is 5.22. The minimum absolute atomic E-state index is 0.461. The molecule has 17 heavy (non-hydrogen) atoms. The molecule has 1 aromatic carbocycles. The van der Waals surface area contributed by atoms with Crippen molar-refractivity contribution in [3.8, 4) is 0 Å². The van der Waals surface area contributed by atoms with Crippen LogP contribution in [0.15, 0.2) is 28.7 Å². The number of aliphatic hydroxyl groups is 1. The lowest BCUT2D eigenvalue weighted by Gasteiger charge is -2.40. The number of rotatable bonds is 3. The van der Waals surface area contributed by atoms with E-state index in [0.29, 0.717) is 5.92 Å². The van der Waals surface area contributed by atoms with Gasteiger partial charge in [-0.2, -0.15) is 0 Å². The highest BCUT2D eigenvalue weighted by atomic mass is 79.9. The van der Waals surface area contributed by atoms with Crippen LogP contribution in [0.2, 0.25) is 0 Å². The fourth-order valence-corrected chi connectivity index (χ4v) is 3.51. The molecule has 2 unspecified atom stereocenters. The summed E-state index contributed by atoms with van der Waals surface area (Å²) in [6.07, 6.45) is 6.44. The third-order valence-corrected chi connectivity index (χ3v) is 4.89. The average Bonchev–Trinajstić information content (AvgIpc) is 2.32. The first kappa shape index (κ1) is 13.1. The summed E-state index contributed by atoms with van der Waals surface area (Å²) < 4.78 is 1.12. The Morgan fingerprint density at radius 2 is 2.12 bits per heavy atom. The van der Waals surface area contributed by atoms with Crippen LogP contribution in [0.1, 0.15) is 44.6 Å². The Morgan fingerprint density at radius 3 is 2.82 bits per heavy atom. The van der Waals surface area contributed by atoms with Crippen LogP contribution >= 0.6 is 15.9 Å². The van der Waals surface area contributed by atoms with Gasteiger partial charge in [0.1, 0.15) is 0 Å². The van der Waals surface area contributed by atoms with E-state index in [4.69, 9.17) is 0 Å². The van der Waals surface area contributed by atoms with Gasteiger partial charge >= 0.3 is 0 Å². The second kappa shape index (κ2) is 5.53. The lowest BCUT2D eigenvalue weighted by Crippen LogP contribution is -2.42. The summed E-state index contributed by atoms with van der Waals surface area (Å²) >= 11 is 3.58. The summed E-state index contributed by atoms with van der Waals surface area (Å²) in [5.41, 5.74) is 0.743. The lowest BCUT2D eigenvalue weighted by molar-refractivity contribution is -0.0492. The van der Waals surface area contributed by atoms with E-state index in [0.717, 1.165) is 30.2 Å². The zero-order valence-corrected chi connectivity index (χ0v) is 12.0. The number of hydrogen-bond donors (Lipinski definition) is 1. The topological polar surface area (TPSA) is 20.2 Å². The smallest absolute Gasteiger partial charge is 0.0716 e. The van der Waals surface area contributed by atoms with E-state index in [1.807, 2.05) is 12.1 Å². The normalized spacial score (nSPS) is 29.2. The van der Waals surface area contributed by atoms with Crippen molar-refractivity contribution in [2.45, 2.75) is 51.0 Å². The van der Waals surface area contributed by atoms with Gasteiger partial charge in [-0.1, -0.05) is 60.3 Å². The van der Waals surface area contributed by atoms with Crippen molar-refractivity contribution < 1.29 is 5.11 Å². The zero-order chi connectivity index (χ0) is 12.3. The number of benzene rings is 1. The molecule has 0 bridgehead atoms. The van der Waals surface area contributed by atoms with Crippen LogP contribution in [-0.4, -0.2) is 10.7 Å². The highest BCUT2D eigenvalue weighted by Crippen LogP contribution is 2.39. The minimum atomic E-state index is -0.489. The molecule has 1 N–H and O–H groups in total. The zero-order valence-electron chi connectivity index (χ0n) is 10.5. The van der Waals surface area contributed by atoms with Gasteiger partial charge in [0.05, 0.1) is 5.60 Å². The van der Waals surface area contributed by atoms with Gasteiger partial charge in [-0.15, -0.1) is 0 Å². The van der Waals surface area contributed by atoms with Crippen LogP contribution in [0, 0.1) is 5.92 Å². The van der Waals surface area contributed by atoms with Crippen LogP contribution in [0.3, 0.4) is 0 Å². The number of halogens is 1. The van der Waals surface area contributed by atoms with Crippen LogP contribution in [-0.2, 0) is 6.42 Å². The van der Waals surface area contributed by atoms with E-state index in [1.165, 1.54) is 18.4 Å². The van der Waals surface area contributed by atoms with Crippen LogP contribution in [0.4, 0.5) is 0 Å². The first-order chi connectivity index (χ1) is 8.15. The molecule has 2 rings (SSSR count). The summed E-state index contributed by atoms with van der Waals surface area (Å²) in [5, 5.41) is 10.9. The Balaban J connectivity index is 2.18. The van der Waals surface area contributed by atoms with E-state index in [2.05, 4.69) is 35.0 Å². The van der Waals surface area contributed by atoms with Gasteiger partial charge < -0.3 is 5.11 Å². The van der Waals surface area contributed by atoms with Gasteiger partial charge in [-0.25, -0.2) is 0 Å². The van der Waals surface area contributed by atoms with E-state index in [9.17, 15) is 5.11 Å². The summed E-state index contributed by atoms with van der Waals surface area (Å²) in [6.45, 7) is 2.20. The van der Waals surface area contributed by atoms with Gasteiger partial charge in [0.25, 0.3) is 0 Å². The maximum Gasteiger partial charge on any atom is 0.0716 e. The van der Waals surface area contributed by atoms with Gasteiger partial charge in [0, 0.05) is 10.9 Å². The Kier molecular flexibility index (Phi) is 4.26. The third kappa shape index (κ3) is 2.92. The fraction of sp³-hybridized carbons (Fsp3) is 0.600. The molecule has 0 aliphatic heterocycles. The first-order valence-corrected chi connectivity index (χ1v) is 7.41. The van der Waals surface area contributed by atoms with Crippen molar-refractivity contribution in [3.63, 3.8) is 0 Å². The molecule has 2 atom stereocenters. The molecule has 0 amide bonds. The Morgan fingerprint density at radius 1 is 1.35 bits per heavy atom. The maximum absolute atomic E-state index is 10.9. The molecular weight excluding hydrogens is 276 g/mol. The van der Waals surface area contributed by atoms with Crippen LogP contribution < -0.4 is 0 Å². The van der Waals surface area contributed by atoms with Crippen molar-refractivity contribution in [1.29, 1.82) is 0 Å². The third-order valence-electron chi connectivity index (χ3n) is 4.12. The molecule has 1 aliphatic carbocycles. The molecule has 1 aliphatic rings. The van der Waals surface area contributed by atoms with Crippen molar-refractivity contribution >= 4 is 15.9 Å². The largest absolute Gasteiger partial charge is 0.389 e. The van der Waals surface area contributed by atoms with Crippen LogP contribution in [0.5, 0.6) is 0 Å². The molecule has 0 heterocycles. The van der Waals surface area contributed by atoms with Gasteiger partial charge in [-0.3, -0.25) is 0 Å². The molecular formula is C15H21BrO. The summed E-state index contributed by atoms with van der Waals surface area (Å²) in [7, 11) is 0. The molecule has 1 aromatic rings. The summed E-state index contributed by atoms with van der Waals surface area (Å²) in [6, 6.07) is 8.24. The monoisotopic (exact) mass is 296 g/mol. The maximum atomic E-state index is 10.9. The predicted octanol–water partition coefficient (Wildman–Crippen LogP) is 4.32. The Hall–Kier alpha value is -0.340. The molecule has 1 nitrogen and oxygen atoms in total. The summed E-state index contributed by atoms with van der Waals surface area (Å²) in [5.74, 6) is 0.461. The first-order valence-electron chi connectivity index (χ1n) is 6.61. The van der Waals surface area contributed by atoms with Crippen molar-refractivity contribution in [1.82, 2.24) is 0 Å². The Bertz CT molecular complexity index is 377. The molecule has 0 spiro atoms. The van der Waals surface area contributed by atoms with Crippen molar-refractivity contribution in [2.75, 3.05) is 0 Å². The molecule has 94 valence electrons. The van der Waals surface area contributed by atoms with E-state index >= 15 is 0 Å². The Labute approximate surface area is 112 Å². The van der Waals surface area contributed by atoms with E-state index in [1.54, 1.807) is 0 Å². The highest BCUT2D eigenvalue weighted by Gasteiger charge is 2.37. The highest BCUT2D eigenvalue weighted by molar-refractivity contribution is 9.10. The predicted molar refractivity (Wildman–Crippen MR) is 75.0 cm³/mol. The molecule has 0 radical (unpaired) electrons. The van der Waals surface area contributed by atoms with Crippen LogP contribution in [0.25, 0.3) is 0 Å². The van der Waals surface area contributed by atoms with Gasteiger partial charge in [-0.05, 0) is 30.4 Å². The lowest BCUT2D eigenvalue weighted by atomic mass is 9.71. The molecule has 0 aromatic heterocycles. The van der Waals surface area contributed by atoms with E-state index < -0.39 is 5.60 Å². The van der Waals surface area contributed by atoms with Gasteiger partial charge in [0.2, 0.25) is 0 Å². The standard InChI is InChI=1S/C15H21BrO/c1-2-13-8-5-6-10-15(13,17)11-12-7-3-4-9-14(12)16/h3-4,7,9,13,17H,2,5-6,8,10-11H2,1H3. The van der Waals surface area contributed by atoms with Crippen molar-refractivity contribution in [3.05, 3.63) is 34.3 Å². The summed E-state index contributed by atoms with van der Waals surface area (Å²) in [4.78, 5) is 0. The quantitative estimate of drug-likeness (QED) is 0.880. The SMILES string of the molecule is CCC1CCCCC1(O)Cc1ccccc1Br. The molecule has 1 saturated carbocycles. The van der Waals surface area contributed by atoms with Gasteiger partial charge in [0.15, 0.2) is 0 Å². The average molecular weight is 297 g/mol. The molecule has 0 saturated heterocycles.